The summed E-state index contributed by atoms with van der Waals surface area (Å²) in [6.45, 7) is 6.29. The van der Waals surface area contributed by atoms with Crippen molar-refractivity contribution in [3.8, 4) is 0 Å². The molecule has 3 nitrogen and oxygen atoms in total. The SMILES string of the molecule is CC(C)C(CN)C(=O)N1CCC(c2ccccc2)C1. The first-order valence-electron chi connectivity index (χ1n) is 7.17. The van der Waals surface area contributed by atoms with Gasteiger partial charge in [0.25, 0.3) is 0 Å². The maximum atomic E-state index is 12.4. The molecule has 104 valence electrons. The van der Waals surface area contributed by atoms with Crippen LogP contribution < -0.4 is 5.73 Å². The van der Waals surface area contributed by atoms with Crippen LogP contribution in [-0.2, 0) is 4.79 Å². The van der Waals surface area contributed by atoms with E-state index in [4.69, 9.17) is 5.73 Å². The number of nitrogens with zero attached hydrogens (tertiary/aromatic N) is 1. The molecule has 0 spiro atoms. The molecule has 0 saturated carbocycles. The third kappa shape index (κ3) is 3.16. The van der Waals surface area contributed by atoms with E-state index in [0.29, 0.717) is 18.4 Å². The lowest BCUT2D eigenvalue weighted by Gasteiger charge is -2.25. The van der Waals surface area contributed by atoms with E-state index in [1.165, 1.54) is 5.56 Å². The summed E-state index contributed by atoms with van der Waals surface area (Å²) in [6, 6.07) is 10.5. The first-order chi connectivity index (χ1) is 9.13. The van der Waals surface area contributed by atoms with Crippen LogP contribution in [0.5, 0.6) is 0 Å². The van der Waals surface area contributed by atoms with Crippen molar-refractivity contribution >= 4 is 5.91 Å². The van der Waals surface area contributed by atoms with Crippen molar-refractivity contribution in [1.82, 2.24) is 4.90 Å². The number of hydrogen-bond donors (Lipinski definition) is 1. The summed E-state index contributed by atoms with van der Waals surface area (Å²) in [4.78, 5) is 14.4. The minimum absolute atomic E-state index is 0.0328. The average molecular weight is 260 g/mol. The number of amides is 1. The van der Waals surface area contributed by atoms with Gasteiger partial charge in [0.2, 0.25) is 5.91 Å². The van der Waals surface area contributed by atoms with Crippen LogP contribution in [0.2, 0.25) is 0 Å². The van der Waals surface area contributed by atoms with Crippen molar-refractivity contribution in [2.45, 2.75) is 26.2 Å². The second-order valence-electron chi connectivity index (χ2n) is 5.77. The Hall–Kier alpha value is -1.35. The molecule has 0 bridgehead atoms. The molecule has 1 fully saturated rings. The first kappa shape index (κ1) is 14.1. The minimum atomic E-state index is -0.0328. The number of benzene rings is 1. The zero-order valence-electron chi connectivity index (χ0n) is 11.9. The number of likely N-dealkylation sites (tertiary alicyclic amines) is 1. The highest BCUT2D eigenvalue weighted by Crippen LogP contribution is 2.28. The maximum absolute atomic E-state index is 12.4. The number of nitrogens with two attached hydrogens (primary N) is 1. The third-order valence-electron chi connectivity index (χ3n) is 4.15. The van der Waals surface area contributed by atoms with Gasteiger partial charge in [-0.05, 0) is 17.9 Å². The zero-order chi connectivity index (χ0) is 13.8. The van der Waals surface area contributed by atoms with Crippen molar-refractivity contribution in [2.24, 2.45) is 17.6 Å². The van der Waals surface area contributed by atoms with E-state index in [2.05, 4.69) is 38.1 Å². The number of rotatable bonds is 4. The Bertz CT molecular complexity index is 416. The monoisotopic (exact) mass is 260 g/mol. The Morgan fingerprint density at radius 1 is 1.37 bits per heavy atom. The summed E-state index contributed by atoms with van der Waals surface area (Å²) in [5.74, 6) is 0.995. The van der Waals surface area contributed by atoms with E-state index in [0.717, 1.165) is 19.5 Å². The summed E-state index contributed by atoms with van der Waals surface area (Å²) in [5.41, 5.74) is 7.08. The highest BCUT2D eigenvalue weighted by molar-refractivity contribution is 5.79. The summed E-state index contributed by atoms with van der Waals surface area (Å²) in [7, 11) is 0. The van der Waals surface area contributed by atoms with E-state index >= 15 is 0 Å². The van der Waals surface area contributed by atoms with E-state index in [-0.39, 0.29) is 11.8 Å². The lowest BCUT2D eigenvalue weighted by Crippen LogP contribution is -2.40. The predicted molar refractivity (Wildman–Crippen MR) is 77.8 cm³/mol. The lowest BCUT2D eigenvalue weighted by molar-refractivity contribution is -0.135. The van der Waals surface area contributed by atoms with Crippen molar-refractivity contribution in [1.29, 1.82) is 0 Å². The molecule has 1 aliphatic heterocycles. The molecule has 2 unspecified atom stereocenters. The van der Waals surface area contributed by atoms with Crippen LogP contribution in [0.15, 0.2) is 30.3 Å². The number of hydrogen-bond acceptors (Lipinski definition) is 2. The van der Waals surface area contributed by atoms with E-state index in [1.54, 1.807) is 0 Å². The second-order valence-corrected chi connectivity index (χ2v) is 5.77. The molecule has 2 N–H and O–H groups in total. The smallest absolute Gasteiger partial charge is 0.227 e. The van der Waals surface area contributed by atoms with E-state index in [9.17, 15) is 4.79 Å². The molecule has 1 saturated heterocycles. The van der Waals surface area contributed by atoms with Crippen LogP contribution in [0.3, 0.4) is 0 Å². The standard InChI is InChI=1S/C16H24N2O/c1-12(2)15(10-17)16(19)18-9-8-14(11-18)13-6-4-3-5-7-13/h3-7,12,14-15H,8-11,17H2,1-2H3. The molecule has 2 atom stereocenters. The largest absolute Gasteiger partial charge is 0.342 e. The van der Waals surface area contributed by atoms with Gasteiger partial charge in [0.05, 0.1) is 5.92 Å². The van der Waals surface area contributed by atoms with Crippen molar-refractivity contribution in [2.75, 3.05) is 19.6 Å². The molecule has 0 radical (unpaired) electrons. The number of carbonyl (C=O) groups is 1. The summed E-state index contributed by atoms with van der Waals surface area (Å²) in [6.07, 6.45) is 1.06. The summed E-state index contributed by atoms with van der Waals surface area (Å²) >= 11 is 0. The van der Waals surface area contributed by atoms with Crippen molar-refractivity contribution < 1.29 is 4.79 Å². The van der Waals surface area contributed by atoms with Crippen LogP contribution in [0, 0.1) is 11.8 Å². The van der Waals surface area contributed by atoms with E-state index in [1.807, 2.05) is 11.0 Å². The Balaban J connectivity index is 2.00. The van der Waals surface area contributed by atoms with Crippen LogP contribution >= 0.6 is 0 Å². The molecule has 19 heavy (non-hydrogen) atoms. The van der Waals surface area contributed by atoms with Gasteiger partial charge in [-0.1, -0.05) is 44.2 Å². The molecule has 3 heteroatoms. The Morgan fingerprint density at radius 3 is 2.63 bits per heavy atom. The normalized spacial score (nSPS) is 20.8. The molecule has 0 aromatic heterocycles. The van der Waals surface area contributed by atoms with Gasteiger partial charge in [-0.25, -0.2) is 0 Å². The van der Waals surface area contributed by atoms with Crippen LogP contribution in [0.25, 0.3) is 0 Å². The summed E-state index contributed by atoms with van der Waals surface area (Å²) < 4.78 is 0. The van der Waals surface area contributed by atoms with Gasteiger partial charge >= 0.3 is 0 Å². The fourth-order valence-corrected chi connectivity index (χ4v) is 2.85. The average Bonchev–Trinajstić information content (AvgIpc) is 2.89. The number of carbonyl (C=O) groups excluding carboxylic acids is 1. The quantitative estimate of drug-likeness (QED) is 0.902. The molecular weight excluding hydrogens is 236 g/mol. The highest BCUT2D eigenvalue weighted by atomic mass is 16.2. The molecule has 1 heterocycles. The Kier molecular flexibility index (Phi) is 4.59. The Labute approximate surface area is 115 Å². The molecule has 2 rings (SSSR count). The molecule has 1 aromatic rings. The third-order valence-corrected chi connectivity index (χ3v) is 4.15. The predicted octanol–water partition coefficient (Wildman–Crippen LogP) is 2.23. The van der Waals surface area contributed by atoms with Gasteiger partial charge in [0.15, 0.2) is 0 Å². The first-order valence-corrected chi connectivity index (χ1v) is 7.17. The van der Waals surface area contributed by atoms with Gasteiger partial charge < -0.3 is 10.6 Å². The van der Waals surface area contributed by atoms with Gasteiger partial charge in [0.1, 0.15) is 0 Å². The van der Waals surface area contributed by atoms with E-state index < -0.39 is 0 Å². The molecular formula is C16H24N2O. The Morgan fingerprint density at radius 2 is 2.05 bits per heavy atom. The molecule has 1 amide bonds. The van der Waals surface area contributed by atoms with Crippen molar-refractivity contribution in [3.63, 3.8) is 0 Å². The van der Waals surface area contributed by atoms with Gasteiger partial charge in [-0.3, -0.25) is 4.79 Å². The van der Waals surface area contributed by atoms with Gasteiger partial charge in [-0.15, -0.1) is 0 Å². The second kappa shape index (κ2) is 6.20. The van der Waals surface area contributed by atoms with Crippen LogP contribution in [0.1, 0.15) is 31.7 Å². The van der Waals surface area contributed by atoms with Crippen LogP contribution in [-0.4, -0.2) is 30.4 Å². The zero-order valence-corrected chi connectivity index (χ0v) is 11.9. The molecule has 0 aliphatic carbocycles. The fourth-order valence-electron chi connectivity index (χ4n) is 2.85. The lowest BCUT2D eigenvalue weighted by atomic mass is 9.94. The minimum Gasteiger partial charge on any atom is -0.342 e. The van der Waals surface area contributed by atoms with Gasteiger partial charge in [0, 0.05) is 25.6 Å². The summed E-state index contributed by atoms with van der Waals surface area (Å²) in [5, 5.41) is 0. The maximum Gasteiger partial charge on any atom is 0.227 e. The van der Waals surface area contributed by atoms with Gasteiger partial charge in [-0.2, -0.15) is 0 Å². The topological polar surface area (TPSA) is 46.3 Å². The van der Waals surface area contributed by atoms with Crippen molar-refractivity contribution in [3.05, 3.63) is 35.9 Å². The highest BCUT2D eigenvalue weighted by Gasteiger charge is 2.31. The fraction of sp³-hybridized carbons (Fsp3) is 0.562. The molecule has 1 aromatic carbocycles. The molecule has 1 aliphatic rings. The van der Waals surface area contributed by atoms with Crippen LogP contribution in [0.4, 0.5) is 0 Å².